The van der Waals surface area contributed by atoms with Crippen molar-refractivity contribution in [3.05, 3.63) is 18.0 Å². The van der Waals surface area contributed by atoms with E-state index in [-0.39, 0.29) is 0 Å². The highest BCUT2D eigenvalue weighted by atomic mass is 15.3. The summed E-state index contributed by atoms with van der Waals surface area (Å²) < 4.78 is 2.22. The van der Waals surface area contributed by atoms with Gasteiger partial charge in [0.25, 0.3) is 0 Å². The maximum Gasteiger partial charge on any atom is 0.0545 e. The zero-order chi connectivity index (χ0) is 8.55. The van der Waals surface area contributed by atoms with E-state index in [4.69, 9.17) is 0 Å². The smallest absolute Gasteiger partial charge is 0.0545 e. The van der Waals surface area contributed by atoms with Crippen LogP contribution in [-0.2, 0) is 6.42 Å². The SMILES string of the molecule is CC(C)C1CCCc2ccnn21. The number of hydrogen-bond donors (Lipinski definition) is 0. The monoisotopic (exact) mass is 164 g/mol. The Balaban J connectivity index is 2.31. The van der Waals surface area contributed by atoms with Gasteiger partial charge in [0, 0.05) is 11.9 Å². The topological polar surface area (TPSA) is 17.8 Å². The van der Waals surface area contributed by atoms with Crippen molar-refractivity contribution in [1.82, 2.24) is 9.78 Å². The molecule has 2 heteroatoms. The third kappa shape index (κ3) is 1.15. The lowest BCUT2D eigenvalue weighted by atomic mass is 9.94. The van der Waals surface area contributed by atoms with Gasteiger partial charge in [-0.25, -0.2) is 0 Å². The summed E-state index contributed by atoms with van der Waals surface area (Å²) in [6.45, 7) is 4.56. The molecule has 0 radical (unpaired) electrons. The summed E-state index contributed by atoms with van der Waals surface area (Å²) in [6.07, 6.45) is 5.76. The van der Waals surface area contributed by atoms with Crippen molar-refractivity contribution >= 4 is 0 Å². The lowest BCUT2D eigenvalue weighted by Gasteiger charge is -2.27. The van der Waals surface area contributed by atoms with Crippen LogP contribution in [0.3, 0.4) is 0 Å². The summed E-state index contributed by atoms with van der Waals surface area (Å²) in [5.74, 6) is 0.712. The molecule has 1 aliphatic heterocycles. The molecule has 66 valence electrons. The van der Waals surface area contributed by atoms with Gasteiger partial charge in [0.1, 0.15) is 0 Å². The first-order valence-electron chi connectivity index (χ1n) is 4.81. The quantitative estimate of drug-likeness (QED) is 0.623. The number of aromatic nitrogens is 2. The largest absolute Gasteiger partial charge is 0.266 e. The van der Waals surface area contributed by atoms with Gasteiger partial charge in [-0.1, -0.05) is 13.8 Å². The van der Waals surface area contributed by atoms with Crippen molar-refractivity contribution in [1.29, 1.82) is 0 Å². The maximum absolute atomic E-state index is 4.38. The first kappa shape index (κ1) is 7.84. The third-order valence-corrected chi connectivity index (χ3v) is 2.77. The standard InChI is InChI=1S/C10H16N2/c1-8(2)10-5-3-4-9-6-7-11-12(9)10/h6-8,10H,3-5H2,1-2H3. The number of aryl methyl sites for hydroxylation is 1. The Hall–Kier alpha value is -0.790. The highest BCUT2D eigenvalue weighted by Gasteiger charge is 2.22. The van der Waals surface area contributed by atoms with Gasteiger partial charge >= 0.3 is 0 Å². The Morgan fingerprint density at radius 3 is 3.17 bits per heavy atom. The van der Waals surface area contributed by atoms with E-state index < -0.39 is 0 Å². The number of hydrogen-bond acceptors (Lipinski definition) is 1. The van der Waals surface area contributed by atoms with Crippen LogP contribution in [-0.4, -0.2) is 9.78 Å². The molecule has 1 atom stereocenters. The van der Waals surface area contributed by atoms with Crippen LogP contribution in [0.1, 0.15) is 38.4 Å². The third-order valence-electron chi connectivity index (χ3n) is 2.77. The van der Waals surface area contributed by atoms with E-state index in [1.165, 1.54) is 25.0 Å². The summed E-state index contributed by atoms with van der Waals surface area (Å²) >= 11 is 0. The van der Waals surface area contributed by atoms with E-state index in [2.05, 4.69) is 29.7 Å². The van der Waals surface area contributed by atoms with Crippen LogP contribution in [0.2, 0.25) is 0 Å². The predicted molar refractivity (Wildman–Crippen MR) is 49.0 cm³/mol. The first-order valence-corrected chi connectivity index (χ1v) is 4.81. The van der Waals surface area contributed by atoms with Gasteiger partial charge in [-0.15, -0.1) is 0 Å². The highest BCUT2D eigenvalue weighted by molar-refractivity contribution is 5.05. The van der Waals surface area contributed by atoms with Gasteiger partial charge < -0.3 is 0 Å². The van der Waals surface area contributed by atoms with Gasteiger partial charge in [-0.3, -0.25) is 4.68 Å². The highest BCUT2D eigenvalue weighted by Crippen LogP contribution is 2.29. The lowest BCUT2D eigenvalue weighted by Crippen LogP contribution is -2.22. The second-order valence-corrected chi connectivity index (χ2v) is 3.97. The van der Waals surface area contributed by atoms with Crippen LogP contribution < -0.4 is 0 Å². The van der Waals surface area contributed by atoms with E-state index in [0.717, 1.165) is 0 Å². The second kappa shape index (κ2) is 2.92. The average Bonchev–Trinajstić information content (AvgIpc) is 2.49. The van der Waals surface area contributed by atoms with Gasteiger partial charge in [-0.2, -0.15) is 5.10 Å². The normalized spacial score (nSPS) is 22.8. The second-order valence-electron chi connectivity index (χ2n) is 3.97. The Labute approximate surface area is 73.6 Å². The van der Waals surface area contributed by atoms with Crippen molar-refractivity contribution < 1.29 is 0 Å². The molecule has 1 aliphatic rings. The zero-order valence-electron chi connectivity index (χ0n) is 7.83. The van der Waals surface area contributed by atoms with Crippen LogP contribution in [0.5, 0.6) is 0 Å². The minimum atomic E-state index is 0.642. The lowest BCUT2D eigenvalue weighted by molar-refractivity contribution is 0.287. The van der Waals surface area contributed by atoms with E-state index in [0.29, 0.717) is 12.0 Å². The molecule has 1 unspecified atom stereocenters. The molecule has 1 aromatic heterocycles. The molecule has 1 aromatic rings. The van der Waals surface area contributed by atoms with E-state index in [1.54, 1.807) is 0 Å². The van der Waals surface area contributed by atoms with E-state index in [9.17, 15) is 0 Å². The van der Waals surface area contributed by atoms with E-state index >= 15 is 0 Å². The first-order chi connectivity index (χ1) is 5.79. The number of nitrogens with zero attached hydrogens (tertiary/aromatic N) is 2. The number of fused-ring (bicyclic) bond motifs is 1. The summed E-state index contributed by atoms with van der Waals surface area (Å²) in [7, 11) is 0. The summed E-state index contributed by atoms with van der Waals surface area (Å²) in [6, 6.07) is 2.79. The zero-order valence-corrected chi connectivity index (χ0v) is 7.83. The molecule has 0 bridgehead atoms. The van der Waals surface area contributed by atoms with Crippen LogP contribution >= 0.6 is 0 Å². The fourth-order valence-corrected chi connectivity index (χ4v) is 2.07. The molecule has 0 fully saturated rings. The summed E-state index contributed by atoms with van der Waals surface area (Å²) in [5.41, 5.74) is 1.42. The van der Waals surface area contributed by atoms with Gasteiger partial charge in [0.15, 0.2) is 0 Å². The van der Waals surface area contributed by atoms with Crippen molar-refractivity contribution in [3.8, 4) is 0 Å². The minimum absolute atomic E-state index is 0.642. The Morgan fingerprint density at radius 1 is 1.58 bits per heavy atom. The van der Waals surface area contributed by atoms with Crippen molar-refractivity contribution in [2.24, 2.45) is 5.92 Å². The molecule has 0 amide bonds. The molecule has 0 N–H and O–H groups in total. The van der Waals surface area contributed by atoms with Crippen LogP contribution in [0, 0.1) is 5.92 Å². The van der Waals surface area contributed by atoms with Crippen molar-refractivity contribution in [2.45, 2.75) is 39.2 Å². The molecule has 0 aliphatic carbocycles. The average molecular weight is 164 g/mol. The molecule has 0 saturated heterocycles. The van der Waals surface area contributed by atoms with Crippen LogP contribution in [0.15, 0.2) is 12.3 Å². The molecule has 2 rings (SSSR count). The van der Waals surface area contributed by atoms with Gasteiger partial charge in [0.05, 0.1) is 6.04 Å². The predicted octanol–water partition coefficient (Wildman–Crippen LogP) is 2.42. The summed E-state index contributed by atoms with van der Waals surface area (Å²) in [5, 5.41) is 4.38. The van der Waals surface area contributed by atoms with Gasteiger partial charge in [0.2, 0.25) is 0 Å². The van der Waals surface area contributed by atoms with Crippen LogP contribution in [0.25, 0.3) is 0 Å². The molecule has 2 heterocycles. The van der Waals surface area contributed by atoms with Crippen molar-refractivity contribution in [3.63, 3.8) is 0 Å². The Kier molecular flexibility index (Phi) is 1.91. The molecule has 0 saturated carbocycles. The fourth-order valence-electron chi connectivity index (χ4n) is 2.07. The summed E-state index contributed by atoms with van der Waals surface area (Å²) in [4.78, 5) is 0. The molecule has 12 heavy (non-hydrogen) atoms. The molecule has 0 aromatic carbocycles. The van der Waals surface area contributed by atoms with Crippen LogP contribution in [0.4, 0.5) is 0 Å². The molecular weight excluding hydrogens is 148 g/mol. The molecule has 2 nitrogen and oxygen atoms in total. The number of rotatable bonds is 1. The maximum atomic E-state index is 4.38. The minimum Gasteiger partial charge on any atom is -0.266 e. The Morgan fingerprint density at radius 2 is 2.42 bits per heavy atom. The fraction of sp³-hybridized carbons (Fsp3) is 0.700. The van der Waals surface area contributed by atoms with Gasteiger partial charge in [-0.05, 0) is 31.2 Å². The Bertz CT molecular complexity index is 263. The van der Waals surface area contributed by atoms with Crippen molar-refractivity contribution in [2.75, 3.05) is 0 Å². The van der Waals surface area contributed by atoms with E-state index in [1.807, 2.05) is 6.20 Å². The molecular formula is C10H16N2. The molecule has 0 spiro atoms.